The second-order valence-electron chi connectivity index (χ2n) is 4.27. The second-order valence-corrected chi connectivity index (χ2v) is 4.68. The van der Waals surface area contributed by atoms with Gasteiger partial charge in [0.1, 0.15) is 0 Å². The van der Waals surface area contributed by atoms with E-state index in [1.807, 2.05) is 0 Å². The summed E-state index contributed by atoms with van der Waals surface area (Å²) in [6.45, 7) is 0. The molecule has 0 amide bonds. The molecule has 1 saturated carbocycles. The molecule has 5 heteroatoms. The van der Waals surface area contributed by atoms with Crippen molar-refractivity contribution in [2.24, 2.45) is 11.7 Å². The molecule has 0 saturated heterocycles. The molecular formula is C12H17Cl2NO2. The van der Waals surface area contributed by atoms with Crippen LogP contribution < -0.4 is 10.5 Å². The van der Waals surface area contributed by atoms with Crippen LogP contribution in [0.25, 0.3) is 0 Å². The highest BCUT2D eigenvalue weighted by Gasteiger charge is 2.26. The first-order chi connectivity index (χ1) is 7.63. The van der Waals surface area contributed by atoms with E-state index in [-0.39, 0.29) is 24.2 Å². The Morgan fingerprint density at radius 2 is 2.12 bits per heavy atom. The van der Waals surface area contributed by atoms with Gasteiger partial charge in [0.05, 0.1) is 12.1 Å². The average molecular weight is 278 g/mol. The molecule has 3 N–H and O–H groups in total. The number of aromatic hydroxyl groups is 1. The van der Waals surface area contributed by atoms with E-state index in [0.29, 0.717) is 16.7 Å². The van der Waals surface area contributed by atoms with E-state index in [1.165, 1.54) is 26.4 Å². The normalized spacial score (nSPS) is 16.9. The summed E-state index contributed by atoms with van der Waals surface area (Å²) in [6, 6.07) is 3.48. The molecule has 0 radical (unpaired) electrons. The van der Waals surface area contributed by atoms with Crippen molar-refractivity contribution in [3.8, 4) is 11.5 Å². The van der Waals surface area contributed by atoms with Crippen molar-refractivity contribution in [3.63, 3.8) is 0 Å². The summed E-state index contributed by atoms with van der Waals surface area (Å²) in [4.78, 5) is 0. The standard InChI is InChI=1S/C12H16ClNO2.ClH/c1-16-10-6-8(5-9(13)12(10)15)11(14)7-3-2-4-7;/h5-7,11,15H,2-4,14H2,1H3;1H/t11-;/m1./s1. The zero-order valence-electron chi connectivity index (χ0n) is 9.65. The fourth-order valence-corrected chi connectivity index (χ4v) is 2.23. The quantitative estimate of drug-likeness (QED) is 0.892. The number of nitrogens with two attached hydrogens (primary N) is 1. The molecule has 0 aromatic heterocycles. The fraction of sp³-hybridized carbons (Fsp3) is 0.500. The number of halogens is 2. The van der Waals surface area contributed by atoms with E-state index < -0.39 is 0 Å². The van der Waals surface area contributed by atoms with E-state index >= 15 is 0 Å². The maximum atomic E-state index is 9.62. The first-order valence-electron chi connectivity index (χ1n) is 5.45. The van der Waals surface area contributed by atoms with Crippen LogP contribution in [0.2, 0.25) is 5.02 Å². The van der Waals surface area contributed by atoms with Gasteiger partial charge in [0, 0.05) is 6.04 Å². The predicted octanol–water partition coefficient (Wildman–Crippen LogP) is 3.28. The largest absolute Gasteiger partial charge is 0.503 e. The molecule has 0 spiro atoms. The molecule has 1 fully saturated rings. The van der Waals surface area contributed by atoms with Crippen LogP contribution in [0.4, 0.5) is 0 Å². The Labute approximate surface area is 112 Å². The van der Waals surface area contributed by atoms with Crippen molar-refractivity contribution >= 4 is 24.0 Å². The number of hydrogen-bond acceptors (Lipinski definition) is 3. The first kappa shape index (κ1) is 14.4. The third-order valence-electron chi connectivity index (χ3n) is 3.31. The Morgan fingerprint density at radius 3 is 2.59 bits per heavy atom. The highest BCUT2D eigenvalue weighted by molar-refractivity contribution is 6.32. The SMILES string of the molecule is COc1cc([C@H](N)C2CCC2)cc(Cl)c1O.Cl. The molecule has 2 rings (SSSR count). The van der Waals surface area contributed by atoms with Gasteiger partial charge in [0.15, 0.2) is 11.5 Å². The Kier molecular flexibility index (Phi) is 4.92. The maximum Gasteiger partial charge on any atom is 0.176 e. The Bertz CT molecular complexity index is 394. The molecule has 1 aromatic carbocycles. The van der Waals surface area contributed by atoms with Gasteiger partial charge >= 0.3 is 0 Å². The molecule has 1 aromatic rings. The Hall–Kier alpha value is -0.640. The number of methoxy groups -OCH3 is 1. The highest BCUT2D eigenvalue weighted by Crippen LogP contribution is 2.41. The lowest BCUT2D eigenvalue weighted by Crippen LogP contribution is -2.26. The van der Waals surface area contributed by atoms with Gasteiger partial charge in [0.25, 0.3) is 0 Å². The third kappa shape index (κ3) is 2.79. The molecule has 0 bridgehead atoms. The molecule has 17 heavy (non-hydrogen) atoms. The van der Waals surface area contributed by atoms with E-state index in [4.69, 9.17) is 22.1 Å². The molecule has 96 valence electrons. The van der Waals surface area contributed by atoms with Gasteiger partial charge in [-0.3, -0.25) is 0 Å². The molecule has 1 aliphatic rings. The van der Waals surface area contributed by atoms with Crippen molar-refractivity contribution in [3.05, 3.63) is 22.7 Å². The maximum absolute atomic E-state index is 9.62. The molecule has 1 atom stereocenters. The highest BCUT2D eigenvalue weighted by atomic mass is 35.5. The number of phenols is 1. The molecule has 3 nitrogen and oxygen atoms in total. The Morgan fingerprint density at radius 1 is 1.47 bits per heavy atom. The first-order valence-corrected chi connectivity index (χ1v) is 5.83. The number of benzene rings is 1. The van der Waals surface area contributed by atoms with E-state index in [2.05, 4.69) is 0 Å². The topological polar surface area (TPSA) is 55.5 Å². The molecule has 1 aliphatic carbocycles. The lowest BCUT2D eigenvalue weighted by molar-refractivity contribution is 0.263. The number of rotatable bonds is 3. The van der Waals surface area contributed by atoms with Gasteiger partial charge < -0.3 is 15.6 Å². The van der Waals surface area contributed by atoms with Crippen LogP contribution >= 0.6 is 24.0 Å². The lowest BCUT2D eigenvalue weighted by atomic mass is 9.77. The van der Waals surface area contributed by atoms with Crippen LogP contribution in [-0.4, -0.2) is 12.2 Å². The smallest absolute Gasteiger partial charge is 0.176 e. The van der Waals surface area contributed by atoms with Crippen LogP contribution in [0.1, 0.15) is 30.9 Å². The monoisotopic (exact) mass is 277 g/mol. The second kappa shape index (κ2) is 5.80. The zero-order valence-corrected chi connectivity index (χ0v) is 11.2. The number of ether oxygens (including phenoxy) is 1. The van der Waals surface area contributed by atoms with Gasteiger partial charge in [0.2, 0.25) is 0 Å². The minimum absolute atomic E-state index is 0. The number of phenolic OH excluding ortho intramolecular Hbond substituents is 1. The summed E-state index contributed by atoms with van der Waals surface area (Å²) in [6.07, 6.45) is 3.59. The number of hydrogen-bond donors (Lipinski definition) is 2. The summed E-state index contributed by atoms with van der Waals surface area (Å²) in [5.74, 6) is 0.899. The lowest BCUT2D eigenvalue weighted by Gasteiger charge is -2.31. The molecule has 0 aliphatic heterocycles. The zero-order chi connectivity index (χ0) is 11.7. The fourth-order valence-electron chi connectivity index (χ4n) is 2.01. The third-order valence-corrected chi connectivity index (χ3v) is 3.60. The van der Waals surface area contributed by atoms with Crippen molar-refractivity contribution in [2.75, 3.05) is 7.11 Å². The molecule has 0 unspecified atom stereocenters. The van der Waals surface area contributed by atoms with Crippen LogP contribution in [-0.2, 0) is 0 Å². The van der Waals surface area contributed by atoms with Gasteiger partial charge in [-0.2, -0.15) is 0 Å². The molecular weight excluding hydrogens is 261 g/mol. The van der Waals surface area contributed by atoms with Gasteiger partial charge in [-0.25, -0.2) is 0 Å². The van der Waals surface area contributed by atoms with Gasteiger partial charge in [-0.05, 0) is 36.5 Å². The Balaban J connectivity index is 0.00000144. The van der Waals surface area contributed by atoms with Crippen molar-refractivity contribution < 1.29 is 9.84 Å². The van der Waals surface area contributed by atoms with E-state index in [9.17, 15) is 5.11 Å². The summed E-state index contributed by atoms with van der Waals surface area (Å²) in [5.41, 5.74) is 7.08. The van der Waals surface area contributed by atoms with Crippen molar-refractivity contribution in [1.82, 2.24) is 0 Å². The van der Waals surface area contributed by atoms with Crippen LogP contribution in [0.15, 0.2) is 12.1 Å². The average Bonchev–Trinajstić information content (AvgIpc) is 2.19. The van der Waals surface area contributed by atoms with Crippen molar-refractivity contribution in [1.29, 1.82) is 0 Å². The van der Waals surface area contributed by atoms with Gasteiger partial charge in [-0.1, -0.05) is 18.0 Å². The van der Waals surface area contributed by atoms with Crippen LogP contribution in [0.5, 0.6) is 11.5 Å². The summed E-state index contributed by atoms with van der Waals surface area (Å²) < 4.78 is 5.06. The minimum Gasteiger partial charge on any atom is -0.503 e. The van der Waals surface area contributed by atoms with Crippen molar-refractivity contribution in [2.45, 2.75) is 25.3 Å². The molecule has 0 heterocycles. The van der Waals surface area contributed by atoms with Crippen LogP contribution in [0.3, 0.4) is 0 Å². The summed E-state index contributed by atoms with van der Waals surface area (Å²) >= 11 is 5.92. The van der Waals surface area contributed by atoms with Gasteiger partial charge in [-0.15, -0.1) is 12.4 Å². The van der Waals surface area contributed by atoms with E-state index in [1.54, 1.807) is 12.1 Å². The van der Waals surface area contributed by atoms with Crippen LogP contribution in [0, 0.1) is 5.92 Å². The summed E-state index contributed by atoms with van der Waals surface area (Å²) in [7, 11) is 1.50. The minimum atomic E-state index is -0.0197. The summed E-state index contributed by atoms with van der Waals surface area (Å²) in [5, 5.41) is 9.91. The predicted molar refractivity (Wildman–Crippen MR) is 71.2 cm³/mol. The van der Waals surface area contributed by atoms with E-state index in [0.717, 1.165) is 5.56 Å².